The molecule has 6 nitrogen and oxygen atoms in total. The Balaban J connectivity index is 1.31. The standard InChI is InChI=1S/C33H29ClF3N5O/c34-26-4-1-3-19-11-23(43)13-24(28(19)26)30-29(35)31-25(14-38-30)27(41-15-21-5-6-22(16-41)39-21)12-20(40-31)7-9-32-8-2-10-42(32)18-33(36,37)17-32/h1,3-4,11-14,21-22,39,43H,2,5-6,8,10,15-18H2. The highest BCUT2D eigenvalue weighted by Crippen LogP contribution is 2.46. The van der Waals surface area contributed by atoms with Gasteiger partial charge in [0.05, 0.1) is 17.8 Å². The quantitative estimate of drug-likeness (QED) is 0.270. The van der Waals surface area contributed by atoms with E-state index in [2.05, 4.69) is 32.0 Å². The molecule has 2 N–H and O–H groups in total. The summed E-state index contributed by atoms with van der Waals surface area (Å²) in [4.78, 5) is 13.3. The van der Waals surface area contributed by atoms with Crippen LogP contribution in [0.3, 0.4) is 0 Å². The van der Waals surface area contributed by atoms with Crippen LogP contribution in [0.4, 0.5) is 18.9 Å². The van der Waals surface area contributed by atoms with E-state index in [-0.39, 0.29) is 29.9 Å². The van der Waals surface area contributed by atoms with Gasteiger partial charge in [-0.25, -0.2) is 18.2 Å². The second kappa shape index (κ2) is 9.71. The average molecular weight is 604 g/mol. The topological polar surface area (TPSA) is 64.5 Å². The van der Waals surface area contributed by atoms with Crippen LogP contribution in [0.15, 0.2) is 42.6 Å². The van der Waals surface area contributed by atoms with Gasteiger partial charge >= 0.3 is 0 Å². The van der Waals surface area contributed by atoms with Crippen LogP contribution >= 0.6 is 11.6 Å². The maximum absolute atomic E-state index is 16.7. The highest BCUT2D eigenvalue weighted by Gasteiger charge is 2.56. The van der Waals surface area contributed by atoms with Crippen molar-refractivity contribution in [3.63, 3.8) is 0 Å². The van der Waals surface area contributed by atoms with Crippen molar-refractivity contribution in [2.75, 3.05) is 31.1 Å². The van der Waals surface area contributed by atoms with Gasteiger partial charge in [0.2, 0.25) is 0 Å². The van der Waals surface area contributed by atoms with Crippen LogP contribution in [0.2, 0.25) is 5.02 Å². The number of alkyl halides is 2. The fourth-order valence-electron chi connectivity index (χ4n) is 7.69. The van der Waals surface area contributed by atoms with Crippen molar-refractivity contribution in [2.45, 2.75) is 55.6 Å². The van der Waals surface area contributed by atoms with Crippen LogP contribution in [-0.4, -0.2) is 69.7 Å². The van der Waals surface area contributed by atoms with Gasteiger partial charge in [-0.3, -0.25) is 9.88 Å². The lowest BCUT2D eigenvalue weighted by Crippen LogP contribution is -2.51. The molecule has 10 heteroatoms. The van der Waals surface area contributed by atoms with Crippen molar-refractivity contribution in [1.82, 2.24) is 20.2 Å². The molecule has 0 spiro atoms. The Labute approximate surface area is 251 Å². The third-order valence-electron chi connectivity index (χ3n) is 9.52. The largest absolute Gasteiger partial charge is 0.508 e. The fraction of sp³-hybridized carbons (Fsp3) is 0.394. The van der Waals surface area contributed by atoms with E-state index in [9.17, 15) is 13.9 Å². The highest BCUT2D eigenvalue weighted by molar-refractivity contribution is 6.36. The van der Waals surface area contributed by atoms with Crippen LogP contribution in [0.1, 0.15) is 37.8 Å². The molecule has 3 atom stereocenters. The van der Waals surface area contributed by atoms with E-state index >= 15 is 4.39 Å². The predicted molar refractivity (Wildman–Crippen MR) is 161 cm³/mol. The molecule has 2 aromatic heterocycles. The zero-order valence-electron chi connectivity index (χ0n) is 23.3. The number of nitrogens with one attached hydrogen (secondary N) is 1. The van der Waals surface area contributed by atoms with Gasteiger partial charge in [-0.15, -0.1) is 0 Å². The van der Waals surface area contributed by atoms with Gasteiger partial charge in [0.1, 0.15) is 22.7 Å². The van der Waals surface area contributed by atoms with E-state index in [0.29, 0.717) is 57.5 Å². The number of fused-ring (bicyclic) bond motifs is 5. The molecule has 4 aromatic rings. The summed E-state index contributed by atoms with van der Waals surface area (Å²) >= 11 is 6.55. The summed E-state index contributed by atoms with van der Waals surface area (Å²) in [5.74, 6) is 2.80. The van der Waals surface area contributed by atoms with E-state index in [1.54, 1.807) is 35.4 Å². The number of anilines is 1. The summed E-state index contributed by atoms with van der Waals surface area (Å²) in [6.45, 7) is 1.81. The minimum absolute atomic E-state index is 0.0152. The van der Waals surface area contributed by atoms with E-state index in [4.69, 9.17) is 11.6 Å². The molecule has 2 aromatic carbocycles. The molecule has 4 aliphatic rings. The van der Waals surface area contributed by atoms with Gasteiger partial charge in [-0.05, 0) is 67.8 Å². The van der Waals surface area contributed by atoms with Crippen molar-refractivity contribution < 1.29 is 18.3 Å². The van der Waals surface area contributed by atoms with Crippen LogP contribution in [0.25, 0.3) is 32.9 Å². The van der Waals surface area contributed by atoms with Crippen LogP contribution < -0.4 is 10.2 Å². The van der Waals surface area contributed by atoms with Crippen LogP contribution in [0, 0.1) is 17.7 Å². The summed E-state index contributed by atoms with van der Waals surface area (Å²) in [6.07, 6.45) is 4.86. The molecule has 0 amide bonds. The monoisotopic (exact) mass is 603 g/mol. The average Bonchev–Trinajstić information content (AvgIpc) is 3.59. The number of aromatic hydroxyl groups is 1. The van der Waals surface area contributed by atoms with Gasteiger partial charge in [0, 0.05) is 59.1 Å². The third kappa shape index (κ3) is 4.50. The highest BCUT2D eigenvalue weighted by atomic mass is 35.5. The van der Waals surface area contributed by atoms with Crippen molar-refractivity contribution in [3.05, 3.63) is 59.1 Å². The first kappa shape index (κ1) is 27.0. The normalized spacial score (nSPS) is 26.2. The van der Waals surface area contributed by atoms with Gasteiger partial charge in [0.15, 0.2) is 5.82 Å². The number of phenolic OH excluding ortho intramolecular Hbond substituents is 1. The molecule has 4 fully saturated rings. The summed E-state index contributed by atoms with van der Waals surface area (Å²) in [5.41, 5.74) is 0.684. The summed E-state index contributed by atoms with van der Waals surface area (Å²) in [7, 11) is 0. The number of piperazine rings is 1. The number of hydrogen-bond donors (Lipinski definition) is 2. The summed E-state index contributed by atoms with van der Waals surface area (Å²) in [5, 5.41) is 16.3. The van der Waals surface area contributed by atoms with Crippen LogP contribution in [0.5, 0.6) is 5.75 Å². The Morgan fingerprint density at radius 2 is 1.93 bits per heavy atom. The Kier molecular flexibility index (Phi) is 6.10. The number of phenols is 1. The lowest BCUT2D eigenvalue weighted by atomic mass is 9.93. The van der Waals surface area contributed by atoms with Gasteiger partial charge in [-0.1, -0.05) is 29.7 Å². The molecule has 0 aliphatic carbocycles. The van der Waals surface area contributed by atoms with Crippen molar-refractivity contribution in [2.24, 2.45) is 0 Å². The van der Waals surface area contributed by atoms with E-state index in [1.165, 1.54) is 6.07 Å². The number of pyridine rings is 2. The second-order valence-electron chi connectivity index (χ2n) is 12.4. The van der Waals surface area contributed by atoms with Crippen LogP contribution in [-0.2, 0) is 0 Å². The third-order valence-corrected chi connectivity index (χ3v) is 9.83. The van der Waals surface area contributed by atoms with Crippen molar-refractivity contribution >= 4 is 39.0 Å². The SMILES string of the molecule is Oc1cc(-c2ncc3c(N4CC5CCC(C4)N5)cc(C#CC45CCCN4CC(F)(F)C5)nc3c2F)c2c(Cl)cccc2c1. The maximum Gasteiger partial charge on any atom is 0.263 e. The second-order valence-corrected chi connectivity index (χ2v) is 12.8. The Morgan fingerprint density at radius 1 is 1.12 bits per heavy atom. The molecule has 220 valence electrons. The summed E-state index contributed by atoms with van der Waals surface area (Å²) in [6, 6.07) is 10.8. The Bertz CT molecular complexity index is 1860. The van der Waals surface area contributed by atoms with E-state index < -0.39 is 17.3 Å². The Hall–Kier alpha value is -3.58. The van der Waals surface area contributed by atoms with Gasteiger partial charge in [0.25, 0.3) is 5.92 Å². The molecule has 8 rings (SSSR count). The number of benzene rings is 2. The minimum atomic E-state index is -2.78. The molecular formula is C33H29ClF3N5O. The van der Waals surface area contributed by atoms with E-state index in [0.717, 1.165) is 38.0 Å². The lowest BCUT2D eigenvalue weighted by molar-refractivity contribution is 0.0104. The molecule has 0 saturated carbocycles. The number of aromatic nitrogens is 2. The lowest BCUT2D eigenvalue weighted by Gasteiger charge is -2.35. The number of nitrogens with zero attached hydrogens (tertiary/aromatic N) is 4. The number of hydrogen-bond acceptors (Lipinski definition) is 6. The minimum Gasteiger partial charge on any atom is -0.508 e. The van der Waals surface area contributed by atoms with Crippen molar-refractivity contribution in [3.8, 4) is 28.8 Å². The Morgan fingerprint density at radius 3 is 2.74 bits per heavy atom. The predicted octanol–water partition coefficient (Wildman–Crippen LogP) is 6.11. The molecule has 4 saturated heterocycles. The fourth-order valence-corrected chi connectivity index (χ4v) is 7.97. The zero-order chi connectivity index (χ0) is 29.5. The summed E-state index contributed by atoms with van der Waals surface area (Å²) < 4.78 is 45.5. The molecule has 4 aliphatic heterocycles. The molecular weight excluding hydrogens is 575 g/mol. The van der Waals surface area contributed by atoms with Gasteiger partial charge < -0.3 is 15.3 Å². The zero-order valence-corrected chi connectivity index (χ0v) is 24.1. The molecule has 3 unspecified atom stereocenters. The number of halogens is 4. The number of rotatable bonds is 2. The van der Waals surface area contributed by atoms with Crippen molar-refractivity contribution in [1.29, 1.82) is 0 Å². The first-order valence-corrected chi connectivity index (χ1v) is 15.1. The molecule has 43 heavy (non-hydrogen) atoms. The first-order valence-electron chi connectivity index (χ1n) is 14.8. The molecule has 2 bridgehead atoms. The van der Waals surface area contributed by atoms with Gasteiger partial charge in [-0.2, -0.15) is 0 Å². The van der Waals surface area contributed by atoms with E-state index in [1.807, 2.05) is 6.07 Å². The molecule has 0 radical (unpaired) electrons. The smallest absolute Gasteiger partial charge is 0.263 e. The molecule has 6 heterocycles. The first-order chi connectivity index (χ1) is 20.7. The maximum atomic E-state index is 16.7.